The molecule has 1 amide bonds. The minimum Gasteiger partial charge on any atom is -0.335 e. The normalized spacial score (nSPS) is 22.6. The summed E-state index contributed by atoms with van der Waals surface area (Å²) < 4.78 is 1.13. The summed E-state index contributed by atoms with van der Waals surface area (Å²) in [6.45, 7) is 3.11. The van der Waals surface area contributed by atoms with Crippen LogP contribution in [0.4, 0.5) is 0 Å². The van der Waals surface area contributed by atoms with Crippen LogP contribution in [0.3, 0.4) is 0 Å². The summed E-state index contributed by atoms with van der Waals surface area (Å²) in [4.78, 5) is 14.9. The van der Waals surface area contributed by atoms with Gasteiger partial charge in [-0.3, -0.25) is 4.79 Å². The van der Waals surface area contributed by atoms with E-state index < -0.39 is 0 Å². The summed E-state index contributed by atoms with van der Waals surface area (Å²) in [5.74, 6) is 0.840. The fourth-order valence-corrected chi connectivity index (χ4v) is 3.47. The van der Waals surface area contributed by atoms with Crippen molar-refractivity contribution in [2.24, 2.45) is 5.92 Å². The zero-order valence-corrected chi connectivity index (χ0v) is 13.8. The predicted octanol–water partition coefficient (Wildman–Crippen LogP) is 2.90. The van der Waals surface area contributed by atoms with Gasteiger partial charge in [-0.25, -0.2) is 0 Å². The third-order valence-electron chi connectivity index (χ3n) is 4.17. The first kappa shape index (κ1) is 14.3. The van der Waals surface area contributed by atoms with Gasteiger partial charge in [0.15, 0.2) is 0 Å². The van der Waals surface area contributed by atoms with Gasteiger partial charge < -0.3 is 10.2 Å². The van der Waals surface area contributed by atoms with Gasteiger partial charge in [0, 0.05) is 21.7 Å². The molecule has 1 heterocycles. The minimum absolute atomic E-state index is 0.219. The number of carbonyl (C=O) groups is 1. The highest BCUT2D eigenvalue weighted by atomic mass is 127. The molecule has 0 bridgehead atoms. The lowest BCUT2D eigenvalue weighted by atomic mass is 9.98. The maximum Gasteiger partial charge on any atom is 0.254 e. The number of benzene rings is 1. The molecule has 1 unspecified atom stereocenters. The molecular formula is C16H21IN2O. The molecule has 2 aliphatic rings. The van der Waals surface area contributed by atoms with Crippen LogP contribution in [0.25, 0.3) is 0 Å². The highest BCUT2D eigenvalue weighted by Gasteiger charge is 2.34. The van der Waals surface area contributed by atoms with Gasteiger partial charge in [0.25, 0.3) is 5.91 Å². The number of carbonyl (C=O) groups excluding carboxylic acids is 1. The second-order valence-corrected chi connectivity index (χ2v) is 7.16. The van der Waals surface area contributed by atoms with Crippen LogP contribution < -0.4 is 5.32 Å². The van der Waals surface area contributed by atoms with E-state index in [-0.39, 0.29) is 5.91 Å². The minimum atomic E-state index is 0.219. The summed E-state index contributed by atoms with van der Waals surface area (Å²) in [6.07, 6.45) is 4.84. The first-order valence-corrected chi connectivity index (χ1v) is 8.59. The fraction of sp³-hybridized carbons (Fsp3) is 0.562. The van der Waals surface area contributed by atoms with Gasteiger partial charge in [-0.2, -0.15) is 0 Å². The first-order chi connectivity index (χ1) is 9.74. The molecule has 1 atom stereocenters. The Balaban J connectivity index is 1.71. The topological polar surface area (TPSA) is 32.3 Å². The highest BCUT2D eigenvalue weighted by Crippen LogP contribution is 2.30. The molecule has 108 valence electrons. The molecule has 4 heteroatoms. The molecule has 0 spiro atoms. The molecule has 3 rings (SSSR count). The Labute approximate surface area is 134 Å². The van der Waals surface area contributed by atoms with Crippen molar-refractivity contribution in [1.82, 2.24) is 10.2 Å². The third kappa shape index (κ3) is 3.52. The van der Waals surface area contributed by atoms with E-state index >= 15 is 0 Å². The summed E-state index contributed by atoms with van der Waals surface area (Å²) in [5.41, 5.74) is 0.840. The number of hydrogen-bond donors (Lipinski definition) is 1. The van der Waals surface area contributed by atoms with Crippen LogP contribution in [0.1, 0.15) is 36.0 Å². The van der Waals surface area contributed by atoms with Gasteiger partial charge in [-0.05, 0) is 85.5 Å². The van der Waals surface area contributed by atoms with Gasteiger partial charge in [-0.1, -0.05) is 6.07 Å². The number of rotatable bonds is 4. The highest BCUT2D eigenvalue weighted by molar-refractivity contribution is 14.1. The number of amides is 1. The molecule has 3 nitrogen and oxygen atoms in total. The van der Waals surface area contributed by atoms with E-state index in [0.717, 1.165) is 28.8 Å². The standard InChI is InChI=1S/C16H21IN2O/c17-14-5-1-4-13(9-14)16(20)19(15-6-7-15)11-12-3-2-8-18-10-12/h1,4-5,9,12,15,18H,2-3,6-8,10-11H2. The first-order valence-electron chi connectivity index (χ1n) is 7.51. The van der Waals surface area contributed by atoms with Crippen LogP contribution in [0.2, 0.25) is 0 Å². The number of nitrogens with one attached hydrogen (secondary N) is 1. The Hall–Kier alpha value is -0.620. The molecular weight excluding hydrogens is 363 g/mol. The van der Waals surface area contributed by atoms with Crippen LogP contribution >= 0.6 is 22.6 Å². The molecule has 0 aromatic heterocycles. The Morgan fingerprint density at radius 3 is 2.85 bits per heavy atom. The van der Waals surface area contributed by atoms with Crippen LogP contribution in [0.15, 0.2) is 24.3 Å². The van der Waals surface area contributed by atoms with Crippen LogP contribution in [-0.2, 0) is 0 Å². The maximum absolute atomic E-state index is 12.8. The summed E-state index contributed by atoms with van der Waals surface area (Å²) >= 11 is 2.27. The smallest absolute Gasteiger partial charge is 0.254 e. The van der Waals surface area contributed by atoms with Gasteiger partial charge in [-0.15, -0.1) is 0 Å². The van der Waals surface area contributed by atoms with Crippen molar-refractivity contribution < 1.29 is 4.79 Å². The number of piperidine rings is 1. The third-order valence-corrected chi connectivity index (χ3v) is 4.84. The Bertz CT molecular complexity index is 481. The van der Waals surface area contributed by atoms with Gasteiger partial charge in [0.05, 0.1) is 0 Å². The van der Waals surface area contributed by atoms with Gasteiger partial charge in [0.1, 0.15) is 0 Å². The molecule has 0 radical (unpaired) electrons. The van der Waals surface area contributed by atoms with Crippen molar-refractivity contribution in [1.29, 1.82) is 0 Å². The average Bonchev–Trinajstić information content (AvgIpc) is 3.30. The summed E-state index contributed by atoms with van der Waals surface area (Å²) in [7, 11) is 0. The van der Waals surface area contributed by atoms with Crippen molar-refractivity contribution >= 4 is 28.5 Å². The quantitative estimate of drug-likeness (QED) is 0.810. The van der Waals surface area contributed by atoms with Crippen molar-refractivity contribution in [3.63, 3.8) is 0 Å². The van der Waals surface area contributed by atoms with Gasteiger partial charge >= 0.3 is 0 Å². The van der Waals surface area contributed by atoms with Crippen molar-refractivity contribution in [3.8, 4) is 0 Å². The van der Waals surface area contributed by atoms with Crippen molar-refractivity contribution in [3.05, 3.63) is 33.4 Å². The second-order valence-electron chi connectivity index (χ2n) is 5.91. The molecule has 1 aromatic carbocycles. The lowest BCUT2D eigenvalue weighted by Gasteiger charge is -2.30. The lowest BCUT2D eigenvalue weighted by molar-refractivity contribution is 0.0704. The van der Waals surface area contributed by atoms with Crippen molar-refractivity contribution in [2.45, 2.75) is 31.7 Å². The average molecular weight is 384 g/mol. The number of nitrogens with zero attached hydrogens (tertiary/aromatic N) is 1. The zero-order valence-electron chi connectivity index (χ0n) is 11.6. The van der Waals surface area contributed by atoms with Crippen LogP contribution in [0, 0.1) is 9.49 Å². The molecule has 1 N–H and O–H groups in total. The van der Waals surface area contributed by atoms with Crippen LogP contribution in [-0.4, -0.2) is 36.5 Å². The zero-order chi connectivity index (χ0) is 13.9. The summed E-state index contributed by atoms with van der Waals surface area (Å²) in [5, 5.41) is 3.45. The van der Waals surface area contributed by atoms with E-state index in [4.69, 9.17) is 0 Å². The molecule has 1 saturated carbocycles. The molecule has 20 heavy (non-hydrogen) atoms. The summed E-state index contributed by atoms with van der Waals surface area (Å²) in [6, 6.07) is 8.44. The maximum atomic E-state index is 12.8. The predicted molar refractivity (Wildman–Crippen MR) is 88.8 cm³/mol. The number of halogens is 1. The molecule has 1 aliphatic carbocycles. The molecule has 1 aliphatic heterocycles. The van der Waals surface area contributed by atoms with E-state index in [9.17, 15) is 4.79 Å². The van der Waals surface area contributed by atoms with Crippen molar-refractivity contribution in [2.75, 3.05) is 19.6 Å². The SMILES string of the molecule is O=C(c1cccc(I)c1)N(CC1CCCNC1)C1CC1. The van der Waals surface area contributed by atoms with E-state index in [1.165, 1.54) is 25.7 Å². The van der Waals surface area contributed by atoms with E-state index in [1.54, 1.807) is 0 Å². The molecule has 1 aromatic rings. The Morgan fingerprint density at radius 2 is 2.20 bits per heavy atom. The Kier molecular flexibility index (Phi) is 4.61. The van der Waals surface area contributed by atoms with E-state index in [2.05, 4.69) is 32.8 Å². The number of hydrogen-bond acceptors (Lipinski definition) is 2. The van der Waals surface area contributed by atoms with E-state index in [0.29, 0.717) is 12.0 Å². The second kappa shape index (κ2) is 6.43. The molecule has 1 saturated heterocycles. The Morgan fingerprint density at radius 1 is 1.35 bits per heavy atom. The van der Waals surface area contributed by atoms with E-state index in [1.807, 2.05) is 24.3 Å². The van der Waals surface area contributed by atoms with Gasteiger partial charge in [0.2, 0.25) is 0 Å². The van der Waals surface area contributed by atoms with Crippen LogP contribution in [0.5, 0.6) is 0 Å². The molecule has 2 fully saturated rings. The largest absolute Gasteiger partial charge is 0.335 e. The lowest BCUT2D eigenvalue weighted by Crippen LogP contribution is -2.42. The monoisotopic (exact) mass is 384 g/mol. The fourth-order valence-electron chi connectivity index (χ4n) is 2.93.